The summed E-state index contributed by atoms with van der Waals surface area (Å²) in [6.07, 6.45) is 2.68. The Morgan fingerprint density at radius 1 is 1.50 bits per heavy atom. The monoisotopic (exact) mass is 141 g/mol. The van der Waals surface area contributed by atoms with Gasteiger partial charge < -0.3 is 0 Å². The van der Waals surface area contributed by atoms with E-state index in [1.165, 1.54) is 24.3 Å². The second kappa shape index (κ2) is 4.67. The number of aromatic nitrogens is 3. The lowest BCUT2D eigenvalue weighted by Crippen LogP contribution is -2.04. The van der Waals surface area contributed by atoms with Crippen LogP contribution in [0.1, 0.15) is 25.6 Å². The number of carbonyl (C=O) groups excluding carboxylic acids is 1. The summed E-state index contributed by atoms with van der Waals surface area (Å²) in [6.45, 7) is 5.43. The van der Waals surface area contributed by atoms with Crippen LogP contribution in [0.2, 0.25) is 0 Å². The molecule has 1 aromatic heterocycles. The Balaban J connectivity index is 0.000000371. The Morgan fingerprint density at radius 3 is 2.30 bits per heavy atom. The molecule has 0 unspecified atom stereocenters. The van der Waals surface area contributed by atoms with Crippen LogP contribution >= 0.6 is 0 Å². The van der Waals surface area contributed by atoms with Gasteiger partial charge in [0.25, 0.3) is 0 Å². The molecule has 56 valence electrons. The Bertz CT molecular complexity index is 181. The second-order valence-corrected chi connectivity index (χ2v) is 1.36. The third-order valence-corrected chi connectivity index (χ3v) is 0.741. The van der Waals surface area contributed by atoms with Gasteiger partial charge in [-0.15, -0.1) is 0 Å². The van der Waals surface area contributed by atoms with E-state index in [4.69, 9.17) is 0 Å². The van der Waals surface area contributed by atoms with Crippen molar-refractivity contribution in [2.24, 2.45) is 0 Å². The van der Waals surface area contributed by atoms with Crippen molar-refractivity contribution in [3.8, 4) is 0 Å². The van der Waals surface area contributed by atoms with Crippen LogP contribution in [-0.2, 0) is 0 Å². The maximum Gasteiger partial charge on any atom is 0.245 e. The van der Waals surface area contributed by atoms with E-state index in [9.17, 15) is 4.79 Å². The summed E-state index contributed by atoms with van der Waals surface area (Å²) in [5.74, 6) is -0.123. The third-order valence-electron chi connectivity index (χ3n) is 0.741. The number of carbonyl (C=O) groups is 1. The van der Waals surface area contributed by atoms with E-state index < -0.39 is 0 Å². The molecule has 10 heavy (non-hydrogen) atoms. The Kier molecular flexibility index (Phi) is 4.11. The Morgan fingerprint density at radius 2 is 2.10 bits per heavy atom. The molecule has 0 aromatic carbocycles. The van der Waals surface area contributed by atoms with Crippen LogP contribution in [0.5, 0.6) is 0 Å². The van der Waals surface area contributed by atoms with Crippen molar-refractivity contribution in [2.45, 2.75) is 20.8 Å². The minimum Gasteiger partial charge on any atom is -0.273 e. The number of hydrogen-bond donors (Lipinski definition) is 0. The van der Waals surface area contributed by atoms with Crippen molar-refractivity contribution in [3.05, 3.63) is 12.7 Å². The average Bonchev–Trinajstić information content (AvgIpc) is 2.42. The van der Waals surface area contributed by atoms with E-state index >= 15 is 0 Å². The van der Waals surface area contributed by atoms with Crippen LogP contribution in [0.15, 0.2) is 12.7 Å². The van der Waals surface area contributed by atoms with Crippen molar-refractivity contribution in [3.63, 3.8) is 0 Å². The minimum atomic E-state index is -0.123. The van der Waals surface area contributed by atoms with E-state index in [-0.39, 0.29) is 5.91 Å². The first-order valence-electron chi connectivity index (χ1n) is 3.16. The van der Waals surface area contributed by atoms with Gasteiger partial charge in [0, 0.05) is 6.92 Å². The standard InChI is InChI=1S/C4H5N3O.C2H6/c1-4(8)7-3-5-2-6-7;1-2/h2-3H,1H3;1-2H3. The number of nitrogens with zero attached hydrogens (tertiary/aromatic N) is 3. The summed E-state index contributed by atoms with van der Waals surface area (Å²) < 4.78 is 1.17. The van der Waals surface area contributed by atoms with Crippen molar-refractivity contribution >= 4 is 5.91 Å². The molecule has 0 saturated heterocycles. The molecule has 1 aromatic rings. The van der Waals surface area contributed by atoms with E-state index in [0.717, 1.165) is 0 Å². The zero-order chi connectivity index (χ0) is 7.98. The summed E-state index contributed by atoms with van der Waals surface area (Å²) in [5.41, 5.74) is 0. The molecule has 0 bridgehead atoms. The molecule has 1 rings (SSSR count). The van der Waals surface area contributed by atoms with Gasteiger partial charge in [-0.05, 0) is 0 Å². The summed E-state index contributed by atoms with van der Waals surface area (Å²) in [5, 5.41) is 3.57. The van der Waals surface area contributed by atoms with Crippen molar-refractivity contribution < 1.29 is 4.79 Å². The topological polar surface area (TPSA) is 47.8 Å². The first-order chi connectivity index (χ1) is 4.80. The molecule has 0 fully saturated rings. The van der Waals surface area contributed by atoms with Gasteiger partial charge in [-0.3, -0.25) is 4.79 Å². The normalized spacial score (nSPS) is 7.90. The largest absolute Gasteiger partial charge is 0.273 e. The van der Waals surface area contributed by atoms with Crippen LogP contribution in [0.25, 0.3) is 0 Å². The molecular formula is C6H11N3O. The van der Waals surface area contributed by atoms with Gasteiger partial charge in [0.15, 0.2) is 0 Å². The highest BCUT2D eigenvalue weighted by molar-refractivity contribution is 5.74. The first-order valence-corrected chi connectivity index (χ1v) is 3.16. The van der Waals surface area contributed by atoms with E-state index in [1.807, 2.05) is 13.8 Å². The molecular weight excluding hydrogens is 130 g/mol. The molecule has 4 nitrogen and oxygen atoms in total. The molecule has 4 heteroatoms. The summed E-state index contributed by atoms with van der Waals surface area (Å²) in [6, 6.07) is 0. The molecule has 0 aliphatic rings. The number of hydrogen-bond acceptors (Lipinski definition) is 3. The van der Waals surface area contributed by atoms with Gasteiger partial charge in [-0.1, -0.05) is 13.8 Å². The minimum absolute atomic E-state index is 0.123. The van der Waals surface area contributed by atoms with Gasteiger partial charge in [0.1, 0.15) is 12.7 Å². The molecule has 0 aliphatic heterocycles. The maximum atomic E-state index is 10.4. The average molecular weight is 141 g/mol. The lowest BCUT2D eigenvalue weighted by Gasteiger charge is -1.85. The zero-order valence-electron chi connectivity index (χ0n) is 6.40. The first kappa shape index (κ1) is 8.81. The molecule has 0 N–H and O–H groups in total. The van der Waals surface area contributed by atoms with Crippen molar-refractivity contribution in [2.75, 3.05) is 0 Å². The van der Waals surface area contributed by atoms with Crippen molar-refractivity contribution in [1.29, 1.82) is 0 Å². The van der Waals surface area contributed by atoms with Crippen LogP contribution in [0.4, 0.5) is 0 Å². The van der Waals surface area contributed by atoms with Gasteiger partial charge in [-0.25, -0.2) is 4.98 Å². The highest BCUT2D eigenvalue weighted by Gasteiger charge is 1.92. The fraction of sp³-hybridized carbons (Fsp3) is 0.500. The highest BCUT2D eigenvalue weighted by atomic mass is 16.2. The second-order valence-electron chi connectivity index (χ2n) is 1.36. The maximum absolute atomic E-state index is 10.4. The van der Waals surface area contributed by atoms with E-state index in [2.05, 4.69) is 10.1 Å². The SMILES string of the molecule is CC.CC(=O)n1cncn1. The lowest BCUT2D eigenvalue weighted by atomic mass is 10.7. The molecule has 0 radical (unpaired) electrons. The molecule has 0 spiro atoms. The number of rotatable bonds is 0. The van der Waals surface area contributed by atoms with Crippen LogP contribution in [0.3, 0.4) is 0 Å². The molecule has 0 aliphatic carbocycles. The van der Waals surface area contributed by atoms with Gasteiger partial charge >= 0.3 is 0 Å². The predicted molar refractivity (Wildman–Crippen MR) is 37.7 cm³/mol. The smallest absolute Gasteiger partial charge is 0.245 e. The lowest BCUT2D eigenvalue weighted by molar-refractivity contribution is 0.0921. The fourth-order valence-corrected chi connectivity index (χ4v) is 0.371. The highest BCUT2D eigenvalue weighted by Crippen LogP contribution is 1.75. The Labute approximate surface area is 59.9 Å². The fourth-order valence-electron chi connectivity index (χ4n) is 0.371. The predicted octanol–water partition coefficient (Wildman–Crippen LogP) is 0.964. The van der Waals surface area contributed by atoms with E-state index in [0.29, 0.717) is 0 Å². The Hall–Kier alpha value is -1.19. The third kappa shape index (κ3) is 2.39. The zero-order valence-corrected chi connectivity index (χ0v) is 6.40. The molecule has 0 atom stereocenters. The van der Waals surface area contributed by atoms with Crippen molar-refractivity contribution in [1.82, 2.24) is 14.8 Å². The molecule has 0 amide bonds. The van der Waals surface area contributed by atoms with Crippen LogP contribution in [0, 0.1) is 0 Å². The summed E-state index contributed by atoms with van der Waals surface area (Å²) >= 11 is 0. The summed E-state index contributed by atoms with van der Waals surface area (Å²) in [4.78, 5) is 13.9. The van der Waals surface area contributed by atoms with Gasteiger partial charge in [0.2, 0.25) is 5.91 Å². The van der Waals surface area contributed by atoms with E-state index in [1.54, 1.807) is 0 Å². The van der Waals surface area contributed by atoms with Gasteiger partial charge in [-0.2, -0.15) is 9.78 Å². The van der Waals surface area contributed by atoms with Crippen LogP contribution < -0.4 is 0 Å². The van der Waals surface area contributed by atoms with Crippen LogP contribution in [-0.4, -0.2) is 20.7 Å². The van der Waals surface area contributed by atoms with Gasteiger partial charge in [0.05, 0.1) is 0 Å². The molecule has 1 heterocycles. The molecule has 0 saturated carbocycles. The quantitative estimate of drug-likeness (QED) is 0.540. The summed E-state index contributed by atoms with van der Waals surface area (Å²) in [7, 11) is 0.